The summed E-state index contributed by atoms with van der Waals surface area (Å²) in [6.45, 7) is 0. The van der Waals surface area contributed by atoms with Crippen LogP contribution in [0, 0.1) is 3.57 Å². The predicted molar refractivity (Wildman–Crippen MR) is 83.6 cm³/mol. The summed E-state index contributed by atoms with van der Waals surface area (Å²) in [4.78, 5) is 12.0. The average Bonchev–Trinajstić information content (AvgIpc) is 2.35. The van der Waals surface area contributed by atoms with E-state index in [0.717, 1.165) is 3.57 Å². The Hall–Kier alpha value is -0.780. The normalized spacial score (nSPS) is 10.2. The van der Waals surface area contributed by atoms with Crippen molar-refractivity contribution in [3.05, 3.63) is 61.6 Å². The minimum atomic E-state index is -0.235. The first kappa shape index (κ1) is 13.6. The van der Waals surface area contributed by atoms with Gasteiger partial charge in [0.1, 0.15) is 0 Å². The molecule has 0 aliphatic heterocycles. The topological polar surface area (TPSA) is 29.1 Å². The molecular weight excluding hydrogens is 384 g/mol. The molecule has 5 heteroatoms. The molecule has 0 atom stereocenters. The van der Waals surface area contributed by atoms with Crippen molar-refractivity contribution in [1.82, 2.24) is 0 Å². The highest BCUT2D eigenvalue weighted by molar-refractivity contribution is 14.1. The second-order valence-corrected chi connectivity index (χ2v) is 5.67. The average molecular weight is 392 g/mol. The highest BCUT2D eigenvalue weighted by atomic mass is 127. The minimum Gasteiger partial charge on any atom is -0.322 e. The molecular formula is C13H8Cl2INO. The van der Waals surface area contributed by atoms with Crippen molar-refractivity contribution >= 4 is 57.4 Å². The van der Waals surface area contributed by atoms with Crippen molar-refractivity contribution in [3.63, 3.8) is 0 Å². The number of hydrogen-bond acceptors (Lipinski definition) is 1. The lowest BCUT2D eigenvalue weighted by molar-refractivity contribution is 0.102. The Morgan fingerprint density at radius 2 is 1.72 bits per heavy atom. The Bertz CT molecular complexity index is 584. The van der Waals surface area contributed by atoms with Gasteiger partial charge >= 0.3 is 0 Å². The number of benzene rings is 2. The molecule has 2 aromatic carbocycles. The maximum Gasteiger partial charge on any atom is 0.257 e. The fourth-order valence-electron chi connectivity index (χ4n) is 1.40. The van der Waals surface area contributed by atoms with E-state index in [1.807, 2.05) is 6.07 Å². The van der Waals surface area contributed by atoms with E-state index in [0.29, 0.717) is 21.3 Å². The van der Waals surface area contributed by atoms with Gasteiger partial charge in [0.25, 0.3) is 5.91 Å². The number of halogens is 3. The fourth-order valence-corrected chi connectivity index (χ4v) is 2.22. The minimum absolute atomic E-state index is 0.235. The molecule has 0 fully saturated rings. The number of amides is 1. The van der Waals surface area contributed by atoms with Crippen LogP contribution in [-0.2, 0) is 0 Å². The van der Waals surface area contributed by atoms with Crippen molar-refractivity contribution in [3.8, 4) is 0 Å². The summed E-state index contributed by atoms with van der Waals surface area (Å²) in [5.74, 6) is -0.235. The lowest BCUT2D eigenvalue weighted by Crippen LogP contribution is -2.12. The first-order valence-electron chi connectivity index (χ1n) is 5.08. The van der Waals surface area contributed by atoms with Crippen LogP contribution in [0.4, 0.5) is 5.69 Å². The Morgan fingerprint density at radius 3 is 2.39 bits per heavy atom. The molecule has 2 aromatic rings. The predicted octanol–water partition coefficient (Wildman–Crippen LogP) is 4.85. The summed E-state index contributed by atoms with van der Waals surface area (Å²) in [7, 11) is 0. The van der Waals surface area contributed by atoms with E-state index in [1.165, 1.54) is 0 Å². The zero-order valence-corrected chi connectivity index (χ0v) is 12.8. The number of anilines is 1. The van der Waals surface area contributed by atoms with E-state index in [1.54, 1.807) is 36.4 Å². The van der Waals surface area contributed by atoms with Crippen molar-refractivity contribution in [2.24, 2.45) is 0 Å². The summed E-state index contributed by atoms with van der Waals surface area (Å²) in [6, 6.07) is 12.2. The van der Waals surface area contributed by atoms with Crippen LogP contribution in [0.25, 0.3) is 0 Å². The summed E-state index contributed by atoms with van der Waals surface area (Å²) in [5, 5.41) is 3.83. The second-order valence-electron chi connectivity index (χ2n) is 3.59. The maximum atomic E-state index is 12.0. The molecule has 0 bridgehead atoms. The zero-order valence-electron chi connectivity index (χ0n) is 9.08. The molecule has 0 aromatic heterocycles. The van der Waals surface area contributed by atoms with E-state index in [2.05, 4.69) is 27.9 Å². The van der Waals surface area contributed by atoms with Crippen LogP contribution in [0.3, 0.4) is 0 Å². The Balaban J connectivity index is 2.21. The van der Waals surface area contributed by atoms with Gasteiger partial charge in [0, 0.05) is 14.3 Å². The summed E-state index contributed by atoms with van der Waals surface area (Å²) in [5.41, 5.74) is 1.14. The number of carbonyl (C=O) groups excluding carboxylic acids is 1. The molecule has 0 aliphatic carbocycles. The molecule has 18 heavy (non-hydrogen) atoms. The van der Waals surface area contributed by atoms with E-state index >= 15 is 0 Å². The maximum absolute atomic E-state index is 12.0. The van der Waals surface area contributed by atoms with Crippen molar-refractivity contribution in [1.29, 1.82) is 0 Å². The third kappa shape index (κ3) is 3.37. The monoisotopic (exact) mass is 391 g/mol. The van der Waals surface area contributed by atoms with Crippen molar-refractivity contribution in [2.75, 3.05) is 5.32 Å². The van der Waals surface area contributed by atoms with Gasteiger partial charge in [-0.3, -0.25) is 4.79 Å². The number of hydrogen-bond donors (Lipinski definition) is 1. The van der Waals surface area contributed by atoms with E-state index < -0.39 is 0 Å². The van der Waals surface area contributed by atoms with Crippen LogP contribution in [-0.4, -0.2) is 5.91 Å². The molecule has 0 unspecified atom stereocenters. The third-order valence-corrected chi connectivity index (χ3v) is 3.53. The molecule has 0 saturated heterocycles. The van der Waals surface area contributed by atoms with Gasteiger partial charge < -0.3 is 5.32 Å². The zero-order chi connectivity index (χ0) is 13.1. The van der Waals surface area contributed by atoms with Gasteiger partial charge in [0.05, 0.1) is 10.6 Å². The van der Waals surface area contributed by atoms with E-state index in [9.17, 15) is 4.79 Å². The molecule has 0 heterocycles. The highest BCUT2D eigenvalue weighted by Gasteiger charge is 2.10. The number of rotatable bonds is 2. The van der Waals surface area contributed by atoms with Gasteiger partial charge in [-0.2, -0.15) is 0 Å². The van der Waals surface area contributed by atoms with Crippen LogP contribution < -0.4 is 5.32 Å². The van der Waals surface area contributed by atoms with Gasteiger partial charge in [0.2, 0.25) is 0 Å². The number of carbonyl (C=O) groups is 1. The van der Waals surface area contributed by atoms with E-state index in [-0.39, 0.29) is 5.91 Å². The second kappa shape index (κ2) is 5.91. The largest absolute Gasteiger partial charge is 0.322 e. The van der Waals surface area contributed by atoms with Crippen LogP contribution in [0.1, 0.15) is 10.4 Å². The van der Waals surface area contributed by atoms with Crippen molar-refractivity contribution < 1.29 is 4.79 Å². The fraction of sp³-hybridized carbons (Fsp3) is 0. The Labute approximate surface area is 128 Å². The SMILES string of the molecule is O=C(Nc1ccc(Cl)cc1)c1cc(I)ccc1Cl. The lowest BCUT2D eigenvalue weighted by atomic mass is 10.2. The molecule has 1 N–H and O–H groups in total. The van der Waals surface area contributed by atoms with E-state index in [4.69, 9.17) is 23.2 Å². The molecule has 2 nitrogen and oxygen atoms in total. The summed E-state index contributed by atoms with van der Waals surface area (Å²) >= 11 is 13.9. The molecule has 92 valence electrons. The first-order valence-corrected chi connectivity index (χ1v) is 6.92. The third-order valence-electron chi connectivity index (χ3n) is 2.28. The van der Waals surface area contributed by atoms with Crippen molar-refractivity contribution in [2.45, 2.75) is 0 Å². The van der Waals surface area contributed by atoms with Gasteiger partial charge in [0.15, 0.2) is 0 Å². The van der Waals surface area contributed by atoms with Crippen LogP contribution in [0.15, 0.2) is 42.5 Å². The van der Waals surface area contributed by atoms with Crippen LogP contribution >= 0.6 is 45.8 Å². The smallest absolute Gasteiger partial charge is 0.257 e. The highest BCUT2D eigenvalue weighted by Crippen LogP contribution is 2.21. The van der Waals surface area contributed by atoms with Gasteiger partial charge in [-0.1, -0.05) is 23.2 Å². The molecule has 1 amide bonds. The molecule has 0 spiro atoms. The number of nitrogens with one attached hydrogen (secondary N) is 1. The Morgan fingerprint density at radius 1 is 1.06 bits per heavy atom. The van der Waals surface area contributed by atoms with Crippen LogP contribution in [0.5, 0.6) is 0 Å². The molecule has 2 rings (SSSR count). The first-order chi connectivity index (χ1) is 8.56. The Kier molecular flexibility index (Phi) is 4.48. The molecule has 0 radical (unpaired) electrons. The van der Waals surface area contributed by atoms with Gasteiger partial charge in [-0.25, -0.2) is 0 Å². The quantitative estimate of drug-likeness (QED) is 0.728. The lowest BCUT2D eigenvalue weighted by Gasteiger charge is -2.07. The summed E-state index contributed by atoms with van der Waals surface area (Å²) < 4.78 is 0.957. The van der Waals surface area contributed by atoms with Crippen LogP contribution in [0.2, 0.25) is 10.0 Å². The van der Waals surface area contributed by atoms with Gasteiger partial charge in [-0.05, 0) is 65.1 Å². The standard InChI is InChI=1S/C13H8Cl2INO/c14-8-1-4-10(5-2-8)17-13(18)11-7-9(16)3-6-12(11)15/h1-7H,(H,17,18). The molecule has 0 aliphatic rings. The van der Waals surface area contributed by atoms with Gasteiger partial charge in [-0.15, -0.1) is 0 Å². The summed E-state index contributed by atoms with van der Waals surface area (Å²) in [6.07, 6.45) is 0. The molecule has 0 saturated carbocycles.